The van der Waals surface area contributed by atoms with Gasteiger partial charge in [0.2, 0.25) is 0 Å². The van der Waals surface area contributed by atoms with Gasteiger partial charge in [0.25, 0.3) is 5.91 Å². The molecule has 0 unspecified atom stereocenters. The third-order valence-corrected chi connectivity index (χ3v) is 4.60. The number of rotatable bonds is 7. The van der Waals surface area contributed by atoms with E-state index in [9.17, 15) is 4.79 Å². The molecule has 2 rings (SSSR count). The Hall–Kier alpha value is -1.72. The lowest BCUT2D eigenvalue weighted by atomic mass is 10.1. The van der Waals surface area contributed by atoms with E-state index in [4.69, 9.17) is 21.1 Å². The van der Waals surface area contributed by atoms with E-state index in [1.807, 2.05) is 31.4 Å². The van der Waals surface area contributed by atoms with Crippen LogP contribution in [0.15, 0.2) is 29.6 Å². The summed E-state index contributed by atoms with van der Waals surface area (Å²) in [5.74, 6) is 0.729. The first-order chi connectivity index (χ1) is 11.1. The zero-order valence-corrected chi connectivity index (χ0v) is 15.0. The first-order valence-corrected chi connectivity index (χ1v) is 8.67. The predicted molar refractivity (Wildman–Crippen MR) is 94.0 cm³/mol. The van der Waals surface area contributed by atoms with E-state index in [0.29, 0.717) is 28.7 Å². The molecule has 1 aromatic carbocycles. The summed E-state index contributed by atoms with van der Waals surface area (Å²) in [5.41, 5.74) is 0.444. The summed E-state index contributed by atoms with van der Waals surface area (Å²) in [6.45, 7) is 4.49. The normalized spacial score (nSPS) is 11.8. The van der Waals surface area contributed by atoms with Crippen molar-refractivity contribution in [2.75, 3.05) is 13.7 Å². The summed E-state index contributed by atoms with van der Waals surface area (Å²) >= 11 is 7.85. The molecule has 1 N–H and O–H groups in total. The van der Waals surface area contributed by atoms with Crippen LogP contribution in [0.1, 0.15) is 41.5 Å². The van der Waals surface area contributed by atoms with Crippen molar-refractivity contribution in [3.8, 4) is 11.5 Å². The van der Waals surface area contributed by atoms with E-state index < -0.39 is 0 Å². The van der Waals surface area contributed by atoms with Gasteiger partial charge in [0, 0.05) is 10.4 Å². The standard InChI is InChI=1S/C17H20ClNO3S/c1-4-7-22-16-13(18)9-12(10-14(16)21-3)17(20)19-11(2)15-6-5-8-23-15/h5-6,8-11H,4,7H2,1-3H3,(H,19,20)/t11-/m1/s1. The highest BCUT2D eigenvalue weighted by molar-refractivity contribution is 7.10. The van der Waals surface area contributed by atoms with Crippen LogP contribution < -0.4 is 14.8 Å². The van der Waals surface area contributed by atoms with Gasteiger partial charge >= 0.3 is 0 Å². The number of carbonyl (C=O) groups is 1. The lowest BCUT2D eigenvalue weighted by Gasteiger charge is -2.15. The van der Waals surface area contributed by atoms with Crippen molar-refractivity contribution in [1.29, 1.82) is 0 Å². The van der Waals surface area contributed by atoms with Gasteiger partial charge in [-0.05, 0) is 36.9 Å². The maximum Gasteiger partial charge on any atom is 0.251 e. The summed E-state index contributed by atoms with van der Waals surface area (Å²) in [7, 11) is 1.53. The first-order valence-electron chi connectivity index (χ1n) is 7.41. The Kier molecular flexibility index (Phi) is 6.30. The molecule has 23 heavy (non-hydrogen) atoms. The molecule has 0 radical (unpaired) electrons. The number of carbonyl (C=O) groups excluding carboxylic acids is 1. The summed E-state index contributed by atoms with van der Waals surface area (Å²) in [4.78, 5) is 13.5. The van der Waals surface area contributed by atoms with Crippen molar-refractivity contribution in [1.82, 2.24) is 5.32 Å². The zero-order valence-electron chi connectivity index (χ0n) is 13.4. The second-order valence-corrected chi connectivity index (χ2v) is 6.43. The van der Waals surface area contributed by atoms with Crippen LogP contribution in [-0.4, -0.2) is 19.6 Å². The Bertz CT molecular complexity index is 658. The summed E-state index contributed by atoms with van der Waals surface area (Å²) in [6.07, 6.45) is 0.861. The molecule has 0 aliphatic heterocycles. The molecule has 1 heterocycles. The van der Waals surface area contributed by atoms with Crippen LogP contribution in [0.2, 0.25) is 5.02 Å². The number of methoxy groups -OCH3 is 1. The minimum Gasteiger partial charge on any atom is -0.493 e. The Balaban J connectivity index is 2.18. The fraction of sp³-hybridized carbons (Fsp3) is 0.353. The van der Waals surface area contributed by atoms with Crippen molar-refractivity contribution in [2.24, 2.45) is 0 Å². The SMILES string of the molecule is CCCOc1c(Cl)cc(C(=O)N[C@H](C)c2cccs2)cc1OC. The fourth-order valence-corrected chi connectivity index (χ4v) is 3.08. The summed E-state index contributed by atoms with van der Waals surface area (Å²) in [6, 6.07) is 7.13. The Labute approximate surface area is 145 Å². The van der Waals surface area contributed by atoms with Crippen molar-refractivity contribution < 1.29 is 14.3 Å². The molecule has 0 aliphatic rings. The summed E-state index contributed by atoms with van der Waals surface area (Å²) in [5, 5.41) is 5.31. The number of halogens is 1. The molecule has 0 saturated carbocycles. The number of hydrogen-bond donors (Lipinski definition) is 1. The van der Waals surface area contributed by atoms with Crippen molar-refractivity contribution in [2.45, 2.75) is 26.3 Å². The number of nitrogens with one attached hydrogen (secondary N) is 1. The highest BCUT2D eigenvalue weighted by Crippen LogP contribution is 2.36. The molecule has 0 aliphatic carbocycles. The molecule has 124 valence electrons. The monoisotopic (exact) mass is 353 g/mol. The smallest absolute Gasteiger partial charge is 0.251 e. The van der Waals surface area contributed by atoms with Crippen LogP contribution in [0.5, 0.6) is 11.5 Å². The number of ether oxygens (including phenoxy) is 2. The van der Waals surface area contributed by atoms with Crippen LogP contribution in [-0.2, 0) is 0 Å². The minimum absolute atomic E-state index is 0.0664. The second-order valence-electron chi connectivity index (χ2n) is 5.05. The molecule has 4 nitrogen and oxygen atoms in total. The number of benzene rings is 1. The van der Waals surface area contributed by atoms with Gasteiger partial charge in [-0.25, -0.2) is 0 Å². The van der Waals surface area contributed by atoms with E-state index in [0.717, 1.165) is 11.3 Å². The average molecular weight is 354 g/mol. The molecule has 0 saturated heterocycles. The van der Waals surface area contributed by atoms with Gasteiger partial charge in [-0.3, -0.25) is 4.79 Å². The summed E-state index contributed by atoms with van der Waals surface area (Å²) < 4.78 is 10.9. The molecular formula is C17H20ClNO3S. The fourth-order valence-electron chi connectivity index (χ4n) is 2.08. The van der Waals surface area contributed by atoms with Crippen molar-refractivity contribution in [3.05, 3.63) is 45.1 Å². The van der Waals surface area contributed by atoms with Gasteiger partial charge in [0.1, 0.15) is 0 Å². The lowest BCUT2D eigenvalue weighted by molar-refractivity contribution is 0.0940. The molecule has 0 bridgehead atoms. The maximum atomic E-state index is 12.4. The van der Waals surface area contributed by atoms with Crippen LogP contribution in [0.25, 0.3) is 0 Å². The molecule has 6 heteroatoms. The van der Waals surface area contributed by atoms with E-state index in [1.165, 1.54) is 7.11 Å². The van der Waals surface area contributed by atoms with E-state index in [2.05, 4.69) is 5.32 Å². The van der Waals surface area contributed by atoms with E-state index >= 15 is 0 Å². The van der Waals surface area contributed by atoms with Gasteiger partial charge in [-0.2, -0.15) is 0 Å². The average Bonchev–Trinajstić information content (AvgIpc) is 3.07. The minimum atomic E-state index is -0.201. The largest absolute Gasteiger partial charge is 0.493 e. The van der Waals surface area contributed by atoms with Gasteiger partial charge in [-0.1, -0.05) is 24.6 Å². The van der Waals surface area contributed by atoms with Gasteiger partial charge < -0.3 is 14.8 Å². The van der Waals surface area contributed by atoms with Gasteiger partial charge in [-0.15, -0.1) is 11.3 Å². The van der Waals surface area contributed by atoms with E-state index in [-0.39, 0.29) is 11.9 Å². The van der Waals surface area contributed by atoms with Crippen molar-refractivity contribution >= 4 is 28.8 Å². The molecule has 1 amide bonds. The third kappa shape index (κ3) is 4.39. The van der Waals surface area contributed by atoms with Crippen LogP contribution in [0, 0.1) is 0 Å². The van der Waals surface area contributed by atoms with Crippen molar-refractivity contribution in [3.63, 3.8) is 0 Å². The quantitative estimate of drug-likeness (QED) is 0.785. The second kappa shape index (κ2) is 8.22. The predicted octanol–water partition coefficient (Wildman–Crippen LogP) is 4.69. The van der Waals surface area contributed by atoms with Gasteiger partial charge in [0.15, 0.2) is 11.5 Å². The third-order valence-electron chi connectivity index (χ3n) is 3.26. The maximum absolute atomic E-state index is 12.4. The molecule has 1 aromatic heterocycles. The van der Waals surface area contributed by atoms with Crippen LogP contribution in [0.4, 0.5) is 0 Å². The highest BCUT2D eigenvalue weighted by Gasteiger charge is 2.18. The number of hydrogen-bond acceptors (Lipinski definition) is 4. The first kappa shape index (κ1) is 17.6. The highest BCUT2D eigenvalue weighted by atomic mass is 35.5. The number of amides is 1. The zero-order chi connectivity index (χ0) is 16.8. The lowest BCUT2D eigenvalue weighted by Crippen LogP contribution is -2.26. The van der Waals surface area contributed by atoms with Crippen LogP contribution in [0.3, 0.4) is 0 Å². The molecule has 1 atom stereocenters. The van der Waals surface area contributed by atoms with E-state index in [1.54, 1.807) is 23.5 Å². The Morgan fingerprint density at radius 3 is 2.83 bits per heavy atom. The Morgan fingerprint density at radius 2 is 2.22 bits per heavy atom. The van der Waals surface area contributed by atoms with Gasteiger partial charge in [0.05, 0.1) is 24.8 Å². The molecule has 0 spiro atoms. The topological polar surface area (TPSA) is 47.6 Å². The number of thiophene rings is 1. The molecule has 0 fully saturated rings. The van der Waals surface area contributed by atoms with Crippen LogP contribution >= 0.6 is 22.9 Å². The molecular weight excluding hydrogens is 334 g/mol. The molecule has 2 aromatic rings. The Morgan fingerprint density at radius 1 is 1.43 bits per heavy atom.